The molecule has 1 atom stereocenters. The molecule has 0 aliphatic rings. The van der Waals surface area contributed by atoms with Crippen molar-refractivity contribution in [3.8, 4) is 5.69 Å². The average Bonchev–Trinajstić information content (AvgIpc) is 2.74. The normalized spacial score (nSPS) is 13.6. The van der Waals surface area contributed by atoms with Crippen LogP contribution in [0, 0.1) is 0 Å². The first kappa shape index (κ1) is 13.2. The van der Waals surface area contributed by atoms with E-state index in [1.165, 1.54) is 23.1 Å². The zero-order valence-electron chi connectivity index (χ0n) is 8.56. The minimum absolute atomic E-state index is 0.301. The lowest BCUT2D eigenvalue weighted by molar-refractivity contribution is -0.0384. The molecule has 9 heteroatoms. The number of hydrogen-bond donors (Lipinski definition) is 0. The fourth-order valence-electron chi connectivity index (χ4n) is 1.22. The van der Waals surface area contributed by atoms with Crippen molar-refractivity contribution < 1.29 is 17.4 Å². The highest BCUT2D eigenvalue weighted by Crippen LogP contribution is 2.26. The number of hydrogen-bond acceptors (Lipinski definition) is 3. The summed E-state index contributed by atoms with van der Waals surface area (Å²) in [5, 5.41) is 3.93. The van der Waals surface area contributed by atoms with E-state index in [2.05, 4.69) is 26.0 Å². The Kier molecular flexibility index (Phi) is 3.53. The highest BCUT2D eigenvalue weighted by atomic mass is 79.9. The SMILES string of the molecule is O=S(c1ccc(-n2cnc(Br)n2)cc1)C(F)(F)F. The van der Waals surface area contributed by atoms with Crippen molar-refractivity contribution in [1.29, 1.82) is 0 Å². The van der Waals surface area contributed by atoms with Crippen LogP contribution in [0.3, 0.4) is 0 Å². The Morgan fingerprint density at radius 3 is 2.28 bits per heavy atom. The van der Waals surface area contributed by atoms with Crippen LogP contribution in [0.2, 0.25) is 0 Å². The van der Waals surface area contributed by atoms with Gasteiger partial charge in [0.05, 0.1) is 5.69 Å². The van der Waals surface area contributed by atoms with Crippen LogP contribution in [0.1, 0.15) is 0 Å². The maximum Gasteiger partial charge on any atom is 0.475 e. The van der Waals surface area contributed by atoms with Crippen LogP contribution in [0.5, 0.6) is 0 Å². The summed E-state index contributed by atoms with van der Waals surface area (Å²) >= 11 is 3.05. The van der Waals surface area contributed by atoms with E-state index >= 15 is 0 Å². The highest BCUT2D eigenvalue weighted by molar-refractivity contribution is 9.10. The Morgan fingerprint density at radius 2 is 1.83 bits per heavy atom. The van der Waals surface area contributed by atoms with E-state index in [0.29, 0.717) is 10.4 Å². The predicted octanol–water partition coefficient (Wildman–Crippen LogP) is 2.66. The molecule has 18 heavy (non-hydrogen) atoms. The molecule has 0 radical (unpaired) electrons. The lowest BCUT2D eigenvalue weighted by Gasteiger charge is -2.06. The van der Waals surface area contributed by atoms with Crippen LogP contribution in [0.25, 0.3) is 5.69 Å². The Morgan fingerprint density at radius 1 is 1.22 bits per heavy atom. The van der Waals surface area contributed by atoms with E-state index in [1.54, 1.807) is 0 Å². The summed E-state index contributed by atoms with van der Waals surface area (Å²) in [7, 11) is -3.01. The summed E-state index contributed by atoms with van der Waals surface area (Å²) < 4.78 is 49.5. The van der Waals surface area contributed by atoms with E-state index in [9.17, 15) is 17.4 Å². The number of halogens is 4. The van der Waals surface area contributed by atoms with E-state index in [1.807, 2.05) is 0 Å². The number of alkyl halides is 3. The Bertz CT molecular complexity index is 581. The molecule has 0 aliphatic heterocycles. The van der Waals surface area contributed by atoms with Crippen molar-refractivity contribution in [3.05, 3.63) is 35.3 Å². The molecular weight excluding hydrogens is 335 g/mol. The summed E-state index contributed by atoms with van der Waals surface area (Å²) in [6.07, 6.45) is 1.40. The third-order valence-electron chi connectivity index (χ3n) is 1.99. The Labute approximate surface area is 110 Å². The standard InChI is InChI=1S/C9H5BrF3N3OS/c10-8-14-5-16(15-8)6-1-3-7(4-2-6)18(17)9(11,12)13/h1-5H. The summed E-state index contributed by atoms with van der Waals surface area (Å²) in [5.41, 5.74) is -4.23. The number of aromatic nitrogens is 3. The molecule has 0 aliphatic carbocycles. The van der Waals surface area contributed by atoms with Crippen molar-refractivity contribution in [2.75, 3.05) is 0 Å². The molecule has 0 amide bonds. The molecule has 0 saturated heterocycles. The summed E-state index contributed by atoms with van der Waals surface area (Å²) in [4.78, 5) is 3.52. The topological polar surface area (TPSA) is 47.8 Å². The fraction of sp³-hybridized carbons (Fsp3) is 0.111. The van der Waals surface area contributed by atoms with Crippen molar-refractivity contribution in [3.63, 3.8) is 0 Å². The van der Waals surface area contributed by atoms with Crippen molar-refractivity contribution >= 4 is 26.7 Å². The van der Waals surface area contributed by atoms with Gasteiger partial charge >= 0.3 is 5.51 Å². The molecule has 0 saturated carbocycles. The third kappa shape index (κ3) is 2.78. The maximum atomic E-state index is 12.2. The van der Waals surface area contributed by atoms with Gasteiger partial charge in [0, 0.05) is 4.90 Å². The van der Waals surface area contributed by atoms with Gasteiger partial charge in [0.25, 0.3) is 0 Å². The van der Waals surface area contributed by atoms with Gasteiger partial charge < -0.3 is 0 Å². The maximum absolute atomic E-state index is 12.2. The Balaban J connectivity index is 2.28. The molecule has 0 spiro atoms. The lowest BCUT2D eigenvalue weighted by Crippen LogP contribution is -2.16. The molecule has 0 fully saturated rings. The minimum atomic E-state index is -4.75. The van der Waals surface area contributed by atoms with Crippen molar-refractivity contribution in [2.24, 2.45) is 0 Å². The molecule has 0 bridgehead atoms. The molecule has 2 rings (SSSR count). The molecule has 1 unspecified atom stereocenters. The van der Waals surface area contributed by atoms with E-state index in [-0.39, 0.29) is 4.90 Å². The van der Waals surface area contributed by atoms with E-state index < -0.39 is 16.3 Å². The molecule has 4 nitrogen and oxygen atoms in total. The van der Waals surface area contributed by atoms with Crippen molar-refractivity contribution in [2.45, 2.75) is 10.4 Å². The zero-order chi connectivity index (χ0) is 13.3. The van der Waals surface area contributed by atoms with Gasteiger partial charge in [0.1, 0.15) is 6.33 Å². The van der Waals surface area contributed by atoms with Crippen LogP contribution in [0.4, 0.5) is 13.2 Å². The van der Waals surface area contributed by atoms with Crippen LogP contribution >= 0.6 is 15.9 Å². The average molecular weight is 340 g/mol. The minimum Gasteiger partial charge on any atom is -0.245 e. The quantitative estimate of drug-likeness (QED) is 0.845. The van der Waals surface area contributed by atoms with Gasteiger partial charge in [-0.25, -0.2) is 13.9 Å². The second-order valence-electron chi connectivity index (χ2n) is 3.17. The van der Waals surface area contributed by atoms with Gasteiger partial charge in [-0.1, -0.05) is 0 Å². The monoisotopic (exact) mass is 339 g/mol. The fourth-order valence-corrected chi connectivity index (χ4v) is 2.14. The van der Waals surface area contributed by atoms with E-state index in [4.69, 9.17) is 0 Å². The molecule has 96 valence electrons. The predicted molar refractivity (Wildman–Crippen MR) is 61.5 cm³/mol. The summed E-state index contributed by atoms with van der Waals surface area (Å²) in [5.74, 6) is 0. The molecule has 0 N–H and O–H groups in total. The van der Waals surface area contributed by atoms with Gasteiger partial charge in [0.15, 0.2) is 10.8 Å². The van der Waals surface area contributed by atoms with Crippen LogP contribution < -0.4 is 0 Å². The van der Waals surface area contributed by atoms with Gasteiger partial charge in [-0.3, -0.25) is 0 Å². The molecule has 2 aromatic rings. The van der Waals surface area contributed by atoms with Crippen LogP contribution in [-0.4, -0.2) is 24.5 Å². The second kappa shape index (κ2) is 4.81. The smallest absolute Gasteiger partial charge is 0.245 e. The summed E-state index contributed by atoms with van der Waals surface area (Å²) in [6.45, 7) is 0. The zero-order valence-corrected chi connectivity index (χ0v) is 11.0. The number of benzene rings is 1. The first-order valence-electron chi connectivity index (χ1n) is 4.54. The van der Waals surface area contributed by atoms with Crippen LogP contribution in [-0.2, 0) is 10.8 Å². The van der Waals surface area contributed by atoms with Gasteiger partial charge in [-0.05, 0) is 40.2 Å². The van der Waals surface area contributed by atoms with Crippen LogP contribution in [0.15, 0.2) is 40.2 Å². The molecular formula is C9H5BrF3N3OS. The van der Waals surface area contributed by atoms with E-state index in [0.717, 1.165) is 12.1 Å². The summed E-state index contributed by atoms with van der Waals surface area (Å²) in [6, 6.07) is 5.07. The Hall–Kier alpha value is -1.22. The molecule has 1 aromatic carbocycles. The number of rotatable bonds is 2. The largest absolute Gasteiger partial charge is 0.475 e. The second-order valence-corrected chi connectivity index (χ2v) is 5.35. The molecule has 1 aromatic heterocycles. The van der Waals surface area contributed by atoms with Gasteiger partial charge in [-0.15, -0.1) is 5.10 Å². The van der Waals surface area contributed by atoms with Crippen molar-refractivity contribution in [1.82, 2.24) is 14.8 Å². The van der Waals surface area contributed by atoms with Gasteiger partial charge in [0.2, 0.25) is 4.73 Å². The lowest BCUT2D eigenvalue weighted by atomic mass is 10.3. The molecule has 1 heterocycles. The first-order valence-corrected chi connectivity index (χ1v) is 6.48. The first-order chi connectivity index (χ1) is 8.38. The third-order valence-corrected chi connectivity index (χ3v) is 3.47. The number of nitrogens with zero attached hydrogens (tertiary/aromatic N) is 3. The highest BCUT2D eigenvalue weighted by Gasteiger charge is 2.37. The van der Waals surface area contributed by atoms with Gasteiger partial charge in [-0.2, -0.15) is 13.2 Å².